The lowest BCUT2D eigenvalue weighted by atomic mass is 10.0. The SMILES string of the molecule is CO.O=CC1C[C@@H]2CCC[C@@H]2N1. The van der Waals surface area contributed by atoms with Crippen LogP contribution in [-0.2, 0) is 4.79 Å². The zero-order chi connectivity index (χ0) is 8.97. The van der Waals surface area contributed by atoms with Crippen LogP contribution in [0.3, 0.4) is 0 Å². The van der Waals surface area contributed by atoms with Gasteiger partial charge in [0, 0.05) is 13.2 Å². The Morgan fingerprint density at radius 2 is 2.17 bits per heavy atom. The van der Waals surface area contributed by atoms with Crippen molar-refractivity contribution in [3.05, 3.63) is 0 Å². The summed E-state index contributed by atoms with van der Waals surface area (Å²) in [4.78, 5) is 10.4. The van der Waals surface area contributed by atoms with E-state index in [-0.39, 0.29) is 6.04 Å². The summed E-state index contributed by atoms with van der Waals surface area (Å²) in [5.41, 5.74) is 0. The molecule has 70 valence electrons. The van der Waals surface area contributed by atoms with Crippen molar-refractivity contribution in [3.8, 4) is 0 Å². The smallest absolute Gasteiger partial charge is 0.136 e. The minimum atomic E-state index is 0.176. The summed E-state index contributed by atoms with van der Waals surface area (Å²) in [6.45, 7) is 0. The van der Waals surface area contributed by atoms with Crippen LogP contribution in [0.15, 0.2) is 0 Å². The summed E-state index contributed by atoms with van der Waals surface area (Å²) in [6.07, 6.45) is 6.12. The van der Waals surface area contributed by atoms with Crippen LogP contribution in [0.25, 0.3) is 0 Å². The van der Waals surface area contributed by atoms with E-state index in [1.807, 2.05) is 0 Å². The lowest BCUT2D eigenvalue weighted by Crippen LogP contribution is -2.29. The van der Waals surface area contributed by atoms with E-state index in [9.17, 15) is 4.79 Å². The summed E-state index contributed by atoms with van der Waals surface area (Å²) in [5, 5.41) is 10.3. The number of hydrogen-bond acceptors (Lipinski definition) is 3. The van der Waals surface area contributed by atoms with Gasteiger partial charge >= 0.3 is 0 Å². The van der Waals surface area contributed by atoms with Crippen LogP contribution in [0, 0.1) is 5.92 Å². The second-order valence-electron chi connectivity index (χ2n) is 3.44. The fraction of sp³-hybridized carbons (Fsp3) is 0.889. The molecular weight excluding hydrogens is 154 g/mol. The Balaban J connectivity index is 0.000000336. The van der Waals surface area contributed by atoms with Gasteiger partial charge in [-0.3, -0.25) is 0 Å². The van der Waals surface area contributed by atoms with Crippen molar-refractivity contribution in [1.82, 2.24) is 5.32 Å². The van der Waals surface area contributed by atoms with Crippen LogP contribution in [-0.4, -0.2) is 30.6 Å². The minimum absolute atomic E-state index is 0.176. The molecule has 1 aliphatic heterocycles. The molecule has 12 heavy (non-hydrogen) atoms. The van der Waals surface area contributed by atoms with Crippen LogP contribution in [0.5, 0.6) is 0 Å². The number of nitrogens with one attached hydrogen (secondary N) is 1. The van der Waals surface area contributed by atoms with Gasteiger partial charge in [0.25, 0.3) is 0 Å². The zero-order valence-electron chi connectivity index (χ0n) is 7.49. The van der Waals surface area contributed by atoms with E-state index in [1.165, 1.54) is 19.3 Å². The molecular formula is C9H17NO2. The molecule has 1 saturated heterocycles. The predicted octanol–water partition coefficient (Wildman–Crippen LogP) is 0.324. The first-order valence-electron chi connectivity index (χ1n) is 4.56. The molecule has 2 rings (SSSR count). The number of hydrogen-bond donors (Lipinski definition) is 2. The fourth-order valence-corrected chi connectivity index (χ4v) is 2.30. The van der Waals surface area contributed by atoms with Gasteiger partial charge in [0.05, 0.1) is 6.04 Å². The third-order valence-electron chi connectivity index (χ3n) is 2.81. The van der Waals surface area contributed by atoms with Crippen molar-refractivity contribution < 1.29 is 9.90 Å². The Bertz CT molecular complexity index is 137. The first-order chi connectivity index (χ1) is 5.90. The van der Waals surface area contributed by atoms with Crippen LogP contribution >= 0.6 is 0 Å². The summed E-state index contributed by atoms with van der Waals surface area (Å²) in [7, 11) is 1.00. The van der Waals surface area contributed by atoms with Crippen molar-refractivity contribution in [3.63, 3.8) is 0 Å². The van der Waals surface area contributed by atoms with E-state index < -0.39 is 0 Å². The molecule has 0 aromatic rings. The van der Waals surface area contributed by atoms with Gasteiger partial charge in [0.15, 0.2) is 0 Å². The van der Waals surface area contributed by atoms with Gasteiger partial charge in [0.1, 0.15) is 6.29 Å². The third-order valence-corrected chi connectivity index (χ3v) is 2.81. The molecule has 0 aromatic heterocycles. The summed E-state index contributed by atoms with van der Waals surface area (Å²) < 4.78 is 0. The molecule has 0 radical (unpaired) electrons. The molecule has 2 fully saturated rings. The average molecular weight is 171 g/mol. The quantitative estimate of drug-likeness (QED) is 0.559. The van der Waals surface area contributed by atoms with E-state index in [0.717, 1.165) is 25.7 Å². The highest BCUT2D eigenvalue weighted by atomic mass is 16.2. The first-order valence-corrected chi connectivity index (χ1v) is 4.56. The number of rotatable bonds is 1. The monoisotopic (exact) mass is 171 g/mol. The Morgan fingerprint density at radius 1 is 1.42 bits per heavy atom. The maximum absolute atomic E-state index is 10.4. The number of fused-ring (bicyclic) bond motifs is 1. The normalized spacial score (nSPS) is 38.3. The van der Waals surface area contributed by atoms with Gasteiger partial charge in [-0.05, 0) is 25.2 Å². The molecule has 3 nitrogen and oxygen atoms in total. The minimum Gasteiger partial charge on any atom is -0.400 e. The lowest BCUT2D eigenvalue weighted by molar-refractivity contribution is -0.109. The first kappa shape index (κ1) is 9.68. The molecule has 2 aliphatic rings. The van der Waals surface area contributed by atoms with Gasteiger partial charge in [-0.2, -0.15) is 0 Å². The summed E-state index contributed by atoms with van der Waals surface area (Å²) in [6, 6.07) is 0.852. The third kappa shape index (κ3) is 1.84. The van der Waals surface area contributed by atoms with Gasteiger partial charge in [-0.25, -0.2) is 0 Å². The number of aliphatic hydroxyl groups excluding tert-OH is 1. The highest BCUT2D eigenvalue weighted by molar-refractivity contribution is 5.58. The van der Waals surface area contributed by atoms with Crippen LogP contribution in [0.4, 0.5) is 0 Å². The van der Waals surface area contributed by atoms with Crippen molar-refractivity contribution in [2.24, 2.45) is 5.92 Å². The van der Waals surface area contributed by atoms with Crippen LogP contribution in [0.2, 0.25) is 0 Å². The summed E-state index contributed by atoms with van der Waals surface area (Å²) >= 11 is 0. The van der Waals surface area contributed by atoms with Crippen molar-refractivity contribution in [2.75, 3.05) is 7.11 Å². The van der Waals surface area contributed by atoms with Gasteiger partial charge < -0.3 is 15.2 Å². The van der Waals surface area contributed by atoms with E-state index in [4.69, 9.17) is 5.11 Å². The van der Waals surface area contributed by atoms with Gasteiger partial charge in [-0.1, -0.05) is 6.42 Å². The van der Waals surface area contributed by atoms with Crippen LogP contribution < -0.4 is 5.32 Å². The molecule has 0 bridgehead atoms. The molecule has 0 amide bonds. The largest absolute Gasteiger partial charge is 0.400 e. The highest BCUT2D eigenvalue weighted by Gasteiger charge is 2.36. The van der Waals surface area contributed by atoms with E-state index in [0.29, 0.717) is 6.04 Å². The Hall–Kier alpha value is -0.410. The molecule has 2 N–H and O–H groups in total. The standard InChI is InChI=1S/C8H13NO.CH4O/c10-5-7-4-6-2-1-3-8(6)9-7;1-2/h5-9H,1-4H2;2H,1H3/t6-,7?,8-;/m0./s1. The highest BCUT2D eigenvalue weighted by Crippen LogP contribution is 2.33. The molecule has 1 heterocycles. The number of carbonyl (C=O) groups is 1. The van der Waals surface area contributed by atoms with E-state index >= 15 is 0 Å². The Labute approximate surface area is 73.2 Å². The Kier molecular flexibility index (Phi) is 3.69. The molecule has 3 heteroatoms. The average Bonchev–Trinajstić information content (AvgIpc) is 2.65. The van der Waals surface area contributed by atoms with Crippen molar-refractivity contribution >= 4 is 6.29 Å². The second kappa shape index (κ2) is 4.58. The van der Waals surface area contributed by atoms with Gasteiger partial charge in [-0.15, -0.1) is 0 Å². The molecule has 1 aliphatic carbocycles. The van der Waals surface area contributed by atoms with Crippen molar-refractivity contribution in [1.29, 1.82) is 0 Å². The lowest BCUT2D eigenvalue weighted by Gasteiger charge is -2.06. The molecule has 1 unspecified atom stereocenters. The second-order valence-corrected chi connectivity index (χ2v) is 3.44. The summed E-state index contributed by atoms with van der Waals surface area (Å²) in [5.74, 6) is 0.815. The molecule has 0 aromatic carbocycles. The Morgan fingerprint density at radius 3 is 2.75 bits per heavy atom. The number of aldehydes is 1. The van der Waals surface area contributed by atoms with Crippen LogP contribution in [0.1, 0.15) is 25.7 Å². The molecule has 0 spiro atoms. The number of aliphatic hydroxyl groups is 1. The predicted molar refractivity (Wildman–Crippen MR) is 46.9 cm³/mol. The molecule has 1 saturated carbocycles. The molecule has 3 atom stereocenters. The maximum atomic E-state index is 10.4. The van der Waals surface area contributed by atoms with E-state index in [2.05, 4.69) is 5.32 Å². The topological polar surface area (TPSA) is 49.3 Å². The zero-order valence-corrected chi connectivity index (χ0v) is 7.49. The van der Waals surface area contributed by atoms with Gasteiger partial charge in [0.2, 0.25) is 0 Å². The fourth-order valence-electron chi connectivity index (χ4n) is 2.30. The van der Waals surface area contributed by atoms with Crippen molar-refractivity contribution in [2.45, 2.75) is 37.8 Å². The van der Waals surface area contributed by atoms with E-state index in [1.54, 1.807) is 0 Å². The maximum Gasteiger partial charge on any atom is 0.136 e. The number of carbonyl (C=O) groups excluding carboxylic acids is 1.